The summed E-state index contributed by atoms with van der Waals surface area (Å²) in [6.07, 6.45) is 14.4. The number of rotatable bonds is 12. The summed E-state index contributed by atoms with van der Waals surface area (Å²) in [5.41, 5.74) is 0. The normalized spacial score (nSPS) is 18.4. The Morgan fingerprint density at radius 1 is 0.737 bits per heavy atom. The minimum atomic E-state index is -3.60. The highest BCUT2D eigenvalue weighted by molar-refractivity contribution is 7.82. The van der Waals surface area contributed by atoms with Crippen molar-refractivity contribution in [3.05, 3.63) is 0 Å². The van der Waals surface area contributed by atoms with Gasteiger partial charge in [0.05, 0.1) is 0 Å². The summed E-state index contributed by atoms with van der Waals surface area (Å²) < 4.78 is 30.2. The predicted octanol–water partition coefficient (Wildman–Crippen LogP) is 4.31. The van der Waals surface area contributed by atoms with Crippen LogP contribution in [0.2, 0.25) is 0 Å². The van der Waals surface area contributed by atoms with E-state index < -0.39 is 16.7 Å². The van der Waals surface area contributed by atoms with E-state index in [0.29, 0.717) is 6.42 Å². The zero-order chi connectivity index (χ0) is 14.0. The summed E-state index contributed by atoms with van der Waals surface area (Å²) in [6.45, 7) is 2.25. The number of hydrogen-bond donors (Lipinski definition) is 0. The largest absolute Gasteiger partial charge is 0.404 e. The van der Waals surface area contributed by atoms with Crippen molar-refractivity contribution in [2.45, 2.75) is 90.3 Å². The summed E-state index contributed by atoms with van der Waals surface area (Å²) in [7, 11) is -3.60. The Morgan fingerprint density at radius 2 is 1.16 bits per heavy atom. The van der Waals surface area contributed by atoms with Crippen LogP contribution in [0, 0.1) is 0 Å². The molecule has 0 aromatic carbocycles. The van der Waals surface area contributed by atoms with Crippen LogP contribution in [0.3, 0.4) is 0 Å². The van der Waals surface area contributed by atoms with E-state index in [0.717, 1.165) is 12.8 Å². The molecule has 0 aliphatic carbocycles. The monoisotopic (exact) mass is 292 g/mol. The third-order valence-electron chi connectivity index (χ3n) is 3.49. The third kappa shape index (κ3) is 8.60. The molecule has 0 N–H and O–H groups in total. The molecule has 1 aliphatic rings. The van der Waals surface area contributed by atoms with Crippen LogP contribution < -0.4 is 0 Å². The van der Waals surface area contributed by atoms with Crippen LogP contribution in [0.15, 0.2) is 0 Å². The Kier molecular flexibility index (Phi) is 8.66. The van der Waals surface area contributed by atoms with Gasteiger partial charge in [-0.1, -0.05) is 71.1 Å². The van der Waals surface area contributed by atoms with Crippen molar-refractivity contribution in [3.63, 3.8) is 0 Å². The maximum Gasteiger partial charge on any atom is 0.404 e. The molecule has 1 saturated heterocycles. The fraction of sp³-hybridized carbons (Fsp3) is 1.00. The molecule has 0 aromatic rings. The van der Waals surface area contributed by atoms with Crippen molar-refractivity contribution in [2.75, 3.05) is 0 Å². The molecule has 1 fully saturated rings. The van der Waals surface area contributed by atoms with Crippen LogP contribution in [-0.4, -0.2) is 14.7 Å². The number of hydrogen-bond acceptors (Lipinski definition) is 4. The molecular formula is C14H28O4S. The quantitative estimate of drug-likeness (QED) is 0.503. The Morgan fingerprint density at radius 3 is 1.58 bits per heavy atom. The Hall–Kier alpha value is -0.130. The van der Waals surface area contributed by atoms with Crippen LogP contribution in [0.1, 0.15) is 84.0 Å². The summed E-state index contributed by atoms with van der Waals surface area (Å²) in [4.78, 5) is 0. The molecule has 0 amide bonds. The maximum atomic E-state index is 10.6. The van der Waals surface area contributed by atoms with Crippen molar-refractivity contribution in [3.8, 4) is 0 Å². The van der Waals surface area contributed by atoms with Crippen molar-refractivity contribution >= 4 is 10.4 Å². The Labute approximate surface area is 118 Å². The molecule has 0 aromatic heterocycles. The van der Waals surface area contributed by atoms with Gasteiger partial charge in [0.25, 0.3) is 0 Å². The van der Waals surface area contributed by atoms with Gasteiger partial charge >= 0.3 is 10.4 Å². The van der Waals surface area contributed by atoms with Gasteiger partial charge < -0.3 is 0 Å². The molecule has 19 heavy (non-hydrogen) atoms. The zero-order valence-corrected chi connectivity index (χ0v) is 12.9. The van der Waals surface area contributed by atoms with E-state index in [4.69, 9.17) is 0 Å². The van der Waals surface area contributed by atoms with E-state index in [9.17, 15) is 8.42 Å². The second-order valence-electron chi connectivity index (χ2n) is 5.35. The van der Waals surface area contributed by atoms with Gasteiger partial charge in [0.1, 0.15) is 0 Å². The van der Waals surface area contributed by atoms with Gasteiger partial charge in [0, 0.05) is 6.42 Å². The van der Waals surface area contributed by atoms with Crippen LogP contribution in [0.25, 0.3) is 0 Å². The lowest BCUT2D eigenvalue weighted by molar-refractivity contribution is -0.0842. The fourth-order valence-electron chi connectivity index (χ4n) is 2.34. The lowest BCUT2D eigenvalue weighted by Gasteiger charge is -2.24. The summed E-state index contributed by atoms with van der Waals surface area (Å²) in [5, 5.41) is 0. The van der Waals surface area contributed by atoms with Crippen molar-refractivity contribution in [1.82, 2.24) is 0 Å². The van der Waals surface area contributed by atoms with Crippen LogP contribution in [-0.2, 0) is 18.8 Å². The van der Waals surface area contributed by atoms with E-state index in [-0.39, 0.29) is 0 Å². The lowest BCUT2D eigenvalue weighted by atomic mass is 10.1. The molecular weight excluding hydrogens is 264 g/mol. The van der Waals surface area contributed by atoms with Crippen LogP contribution >= 0.6 is 0 Å². The Bertz CT molecular complexity index is 301. The molecule has 0 spiro atoms. The van der Waals surface area contributed by atoms with E-state index in [1.165, 1.54) is 57.8 Å². The molecule has 0 saturated carbocycles. The first-order chi connectivity index (χ1) is 9.14. The molecule has 5 heteroatoms. The summed E-state index contributed by atoms with van der Waals surface area (Å²) in [5.74, 6) is 0. The van der Waals surface area contributed by atoms with Gasteiger partial charge in [0.2, 0.25) is 0 Å². The predicted molar refractivity (Wildman–Crippen MR) is 76.0 cm³/mol. The van der Waals surface area contributed by atoms with Gasteiger partial charge in [-0.3, -0.25) is 0 Å². The zero-order valence-electron chi connectivity index (χ0n) is 12.1. The van der Waals surface area contributed by atoms with Gasteiger partial charge in [-0.25, -0.2) is 8.37 Å². The van der Waals surface area contributed by atoms with Gasteiger partial charge in [-0.05, 0) is 6.42 Å². The minimum absolute atomic E-state index is 0.511. The molecule has 0 bridgehead atoms. The van der Waals surface area contributed by atoms with Crippen molar-refractivity contribution in [1.29, 1.82) is 0 Å². The van der Waals surface area contributed by atoms with Crippen molar-refractivity contribution < 1.29 is 16.8 Å². The van der Waals surface area contributed by atoms with Crippen LogP contribution in [0.4, 0.5) is 0 Å². The first-order valence-electron chi connectivity index (χ1n) is 7.75. The highest BCUT2D eigenvalue weighted by Gasteiger charge is 2.35. The molecule has 0 radical (unpaired) electrons. The lowest BCUT2D eigenvalue weighted by Crippen LogP contribution is -2.35. The maximum absolute atomic E-state index is 10.6. The first kappa shape index (κ1) is 16.9. The average molecular weight is 292 g/mol. The summed E-state index contributed by atoms with van der Waals surface area (Å²) in [6, 6.07) is 0. The second kappa shape index (κ2) is 9.72. The van der Waals surface area contributed by atoms with E-state index in [2.05, 4.69) is 15.3 Å². The number of unbranched alkanes of at least 4 members (excludes halogenated alkanes) is 10. The van der Waals surface area contributed by atoms with Crippen LogP contribution in [0.5, 0.6) is 0 Å². The summed E-state index contributed by atoms with van der Waals surface area (Å²) >= 11 is 0. The molecule has 1 heterocycles. The first-order valence-corrected chi connectivity index (χ1v) is 9.09. The Balaban J connectivity index is 1.72. The third-order valence-corrected chi connectivity index (χ3v) is 4.39. The van der Waals surface area contributed by atoms with Gasteiger partial charge in [-0.15, -0.1) is 0 Å². The van der Waals surface area contributed by atoms with E-state index >= 15 is 0 Å². The topological polar surface area (TPSA) is 52.6 Å². The van der Waals surface area contributed by atoms with E-state index in [1.807, 2.05) is 0 Å². The molecule has 1 aliphatic heterocycles. The average Bonchev–Trinajstić information content (AvgIpc) is 2.33. The molecule has 114 valence electrons. The minimum Gasteiger partial charge on any atom is -0.215 e. The van der Waals surface area contributed by atoms with Crippen molar-refractivity contribution in [2.24, 2.45) is 0 Å². The smallest absolute Gasteiger partial charge is 0.215 e. The van der Waals surface area contributed by atoms with E-state index in [1.54, 1.807) is 0 Å². The SMILES string of the molecule is CCCCCCCCCCCCCC1OS(=O)(=O)O1. The molecule has 1 rings (SSSR count). The standard InChI is InChI=1S/C14H28O4S/c1-2-3-4-5-6-7-8-9-10-11-12-13-14-17-19(15,16)18-14/h14H,2-13H2,1H3. The second-order valence-corrected chi connectivity index (χ2v) is 6.56. The molecule has 0 unspecified atom stereocenters. The fourth-order valence-corrected chi connectivity index (χ4v) is 3.07. The van der Waals surface area contributed by atoms with Gasteiger partial charge in [-0.2, -0.15) is 8.42 Å². The molecule has 0 atom stereocenters. The molecule has 4 nitrogen and oxygen atoms in total. The highest BCUT2D eigenvalue weighted by Crippen LogP contribution is 2.23. The van der Waals surface area contributed by atoms with Gasteiger partial charge in [0.15, 0.2) is 6.29 Å². The highest BCUT2D eigenvalue weighted by atomic mass is 32.3.